The average molecular weight is 507 g/mol. The zero-order chi connectivity index (χ0) is 26.0. The van der Waals surface area contributed by atoms with Crippen LogP contribution in [0.1, 0.15) is 28.4 Å². The number of ether oxygens (including phenoxy) is 1. The molecule has 0 radical (unpaired) electrons. The van der Waals surface area contributed by atoms with E-state index < -0.39 is 10.8 Å². The fourth-order valence-electron chi connectivity index (χ4n) is 3.70. The normalized spacial score (nSPS) is 10.8. The van der Waals surface area contributed by atoms with Crippen molar-refractivity contribution in [1.29, 1.82) is 0 Å². The van der Waals surface area contributed by atoms with E-state index in [-0.39, 0.29) is 40.4 Å². The number of carbonyl (C=O) groups excluding carboxylic acids is 1. The summed E-state index contributed by atoms with van der Waals surface area (Å²) in [5, 5.41) is 27.1. The summed E-state index contributed by atoms with van der Waals surface area (Å²) in [6, 6.07) is 12.5. The predicted molar refractivity (Wildman–Crippen MR) is 139 cm³/mol. The van der Waals surface area contributed by atoms with Gasteiger partial charge in [0.1, 0.15) is 11.3 Å². The van der Waals surface area contributed by atoms with Crippen LogP contribution in [0.2, 0.25) is 0 Å². The number of aromatic nitrogens is 1. The summed E-state index contributed by atoms with van der Waals surface area (Å²) >= 11 is 5.19. The molecule has 11 heteroatoms. The number of fused-ring (bicyclic) bond motifs is 1. The number of aryl methyl sites for hydroxylation is 2. The second-order valence-electron chi connectivity index (χ2n) is 7.96. The number of nitro benzene ring substituents is 1. The number of phenolic OH excluding ortho intramolecular Hbond substituents is 1. The minimum absolute atomic E-state index is 0.0361. The zero-order valence-corrected chi connectivity index (χ0v) is 20.4. The maximum atomic E-state index is 12.6. The van der Waals surface area contributed by atoms with Crippen LogP contribution < -0.4 is 15.4 Å². The highest BCUT2D eigenvalue weighted by Gasteiger charge is 2.20. The summed E-state index contributed by atoms with van der Waals surface area (Å²) in [6.07, 6.45) is 0. The second kappa shape index (κ2) is 10.0. The molecular formula is C25H22N4O6S. The van der Waals surface area contributed by atoms with Crippen LogP contribution in [0.5, 0.6) is 11.5 Å². The van der Waals surface area contributed by atoms with Gasteiger partial charge in [-0.05, 0) is 74.4 Å². The molecule has 0 aliphatic heterocycles. The number of oxazole rings is 1. The lowest BCUT2D eigenvalue weighted by Gasteiger charge is -2.11. The Labute approximate surface area is 211 Å². The summed E-state index contributed by atoms with van der Waals surface area (Å²) in [5.74, 6) is -0.399. The van der Waals surface area contributed by atoms with Gasteiger partial charge in [0.05, 0.1) is 17.1 Å². The van der Waals surface area contributed by atoms with Crippen molar-refractivity contribution in [2.45, 2.75) is 20.8 Å². The van der Waals surface area contributed by atoms with Crippen LogP contribution in [0.4, 0.5) is 11.4 Å². The second-order valence-corrected chi connectivity index (χ2v) is 8.37. The van der Waals surface area contributed by atoms with Crippen molar-refractivity contribution >= 4 is 45.7 Å². The minimum Gasteiger partial charge on any atom is -0.507 e. The van der Waals surface area contributed by atoms with Crippen LogP contribution in [-0.2, 0) is 0 Å². The van der Waals surface area contributed by atoms with Gasteiger partial charge in [-0.1, -0.05) is 6.07 Å². The number of benzene rings is 3. The van der Waals surface area contributed by atoms with Gasteiger partial charge in [-0.25, -0.2) is 4.98 Å². The summed E-state index contributed by atoms with van der Waals surface area (Å²) in [7, 11) is 0. The Bertz CT molecular complexity index is 1510. The molecule has 1 heterocycles. The van der Waals surface area contributed by atoms with Gasteiger partial charge in [0, 0.05) is 23.4 Å². The van der Waals surface area contributed by atoms with Crippen LogP contribution >= 0.6 is 12.2 Å². The van der Waals surface area contributed by atoms with E-state index in [1.807, 2.05) is 26.0 Å². The summed E-state index contributed by atoms with van der Waals surface area (Å²) in [4.78, 5) is 27.7. The van der Waals surface area contributed by atoms with Crippen LogP contribution in [0, 0.1) is 24.0 Å². The molecular weight excluding hydrogens is 484 g/mol. The molecule has 184 valence electrons. The standard InChI is InChI=1S/C25H22N4O6S/c1-4-34-21-8-5-15(11-19(21)29(32)33)23(31)28-25(36)26-16-6-7-17(20(30)12-16)24-27-18-10-13(2)9-14(3)22(18)35-24/h5-12,30H,4H2,1-3H3,(H2,26,28,31,36). The van der Waals surface area contributed by atoms with E-state index in [1.165, 1.54) is 18.2 Å². The van der Waals surface area contributed by atoms with Crippen molar-refractivity contribution in [3.05, 3.63) is 75.3 Å². The van der Waals surface area contributed by atoms with E-state index >= 15 is 0 Å². The van der Waals surface area contributed by atoms with E-state index in [0.29, 0.717) is 22.4 Å². The SMILES string of the molecule is CCOc1ccc(C(=O)NC(=S)Nc2ccc(-c3nc4cc(C)cc(C)c4o3)c(O)c2)cc1[N+](=O)[O-]. The third-order valence-electron chi connectivity index (χ3n) is 5.25. The molecule has 4 aromatic rings. The molecule has 0 spiro atoms. The molecule has 1 amide bonds. The molecule has 0 bridgehead atoms. The van der Waals surface area contributed by atoms with Crippen molar-refractivity contribution in [3.63, 3.8) is 0 Å². The highest BCUT2D eigenvalue weighted by molar-refractivity contribution is 7.80. The predicted octanol–water partition coefficient (Wildman–Crippen LogP) is 5.25. The number of amides is 1. The molecule has 0 atom stereocenters. The molecule has 1 aromatic heterocycles. The molecule has 0 aliphatic rings. The lowest BCUT2D eigenvalue weighted by Crippen LogP contribution is -2.34. The summed E-state index contributed by atoms with van der Waals surface area (Å²) in [6.45, 7) is 5.85. The number of hydrogen-bond acceptors (Lipinski definition) is 8. The van der Waals surface area contributed by atoms with Crippen molar-refractivity contribution < 1.29 is 24.0 Å². The molecule has 0 unspecified atom stereocenters. The highest BCUT2D eigenvalue weighted by atomic mass is 32.1. The number of rotatable bonds is 6. The van der Waals surface area contributed by atoms with Crippen molar-refractivity contribution in [2.24, 2.45) is 0 Å². The van der Waals surface area contributed by atoms with Crippen LogP contribution in [0.25, 0.3) is 22.6 Å². The van der Waals surface area contributed by atoms with E-state index in [2.05, 4.69) is 15.6 Å². The number of nitrogens with one attached hydrogen (secondary N) is 2. The number of nitrogens with zero attached hydrogens (tertiary/aromatic N) is 2. The van der Waals surface area contributed by atoms with Crippen LogP contribution in [0.15, 0.2) is 52.9 Å². The molecule has 0 saturated heterocycles. The van der Waals surface area contributed by atoms with E-state index in [9.17, 15) is 20.0 Å². The quantitative estimate of drug-likeness (QED) is 0.182. The Morgan fingerprint density at radius 2 is 1.97 bits per heavy atom. The largest absolute Gasteiger partial charge is 0.507 e. The van der Waals surface area contributed by atoms with E-state index in [0.717, 1.165) is 17.2 Å². The number of thiocarbonyl (C=S) groups is 1. The molecule has 36 heavy (non-hydrogen) atoms. The highest BCUT2D eigenvalue weighted by Crippen LogP contribution is 2.34. The first kappa shape index (κ1) is 24.6. The van der Waals surface area contributed by atoms with Crippen molar-refractivity contribution in [3.8, 4) is 23.0 Å². The first-order chi connectivity index (χ1) is 17.2. The lowest BCUT2D eigenvalue weighted by atomic mass is 10.1. The fraction of sp³-hybridized carbons (Fsp3) is 0.160. The van der Waals surface area contributed by atoms with E-state index in [1.54, 1.807) is 19.1 Å². The Kier molecular flexibility index (Phi) is 6.84. The van der Waals surface area contributed by atoms with Gasteiger partial charge < -0.3 is 19.6 Å². The van der Waals surface area contributed by atoms with Crippen molar-refractivity contribution in [2.75, 3.05) is 11.9 Å². The molecule has 0 saturated carbocycles. The average Bonchev–Trinajstić information content (AvgIpc) is 3.23. The van der Waals surface area contributed by atoms with E-state index in [4.69, 9.17) is 21.4 Å². The van der Waals surface area contributed by atoms with Gasteiger partial charge in [0.25, 0.3) is 5.91 Å². The van der Waals surface area contributed by atoms with Gasteiger partial charge in [-0.2, -0.15) is 0 Å². The van der Waals surface area contributed by atoms with Crippen LogP contribution in [0.3, 0.4) is 0 Å². The van der Waals surface area contributed by atoms with Gasteiger partial charge in [0.15, 0.2) is 16.4 Å². The number of phenols is 1. The third-order valence-corrected chi connectivity index (χ3v) is 5.45. The maximum absolute atomic E-state index is 12.6. The number of carbonyl (C=O) groups is 1. The first-order valence-electron chi connectivity index (χ1n) is 10.9. The fourth-order valence-corrected chi connectivity index (χ4v) is 3.91. The smallest absolute Gasteiger partial charge is 0.311 e. The molecule has 4 rings (SSSR count). The Morgan fingerprint density at radius 1 is 1.19 bits per heavy atom. The number of aromatic hydroxyl groups is 1. The Hall–Kier alpha value is -4.51. The number of anilines is 1. The maximum Gasteiger partial charge on any atom is 0.311 e. The molecule has 10 nitrogen and oxygen atoms in total. The van der Waals surface area contributed by atoms with Gasteiger partial charge >= 0.3 is 5.69 Å². The molecule has 3 aromatic carbocycles. The number of nitro groups is 1. The van der Waals surface area contributed by atoms with Crippen LogP contribution in [-0.4, -0.2) is 32.6 Å². The Morgan fingerprint density at radius 3 is 2.67 bits per heavy atom. The monoisotopic (exact) mass is 506 g/mol. The van der Waals surface area contributed by atoms with Crippen molar-refractivity contribution in [1.82, 2.24) is 10.3 Å². The molecule has 3 N–H and O–H groups in total. The molecule has 0 aliphatic carbocycles. The first-order valence-corrected chi connectivity index (χ1v) is 11.3. The lowest BCUT2D eigenvalue weighted by molar-refractivity contribution is -0.385. The zero-order valence-electron chi connectivity index (χ0n) is 19.6. The minimum atomic E-state index is -0.642. The summed E-state index contributed by atoms with van der Waals surface area (Å²) < 4.78 is 11.1. The summed E-state index contributed by atoms with van der Waals surface area (Å²) in [5.41, 5.74) is 3.85. The van der Waals surface area contributed by atoms with Gasteiger partial charge in [-0.15, -0.1) is 0 Å². The van der Waals surface area contributed by atoms with Gasteiger partial charge in [-0.3, -0.25) is 20.2 Å². The number of hydrogen-bond donors (Lipinski definition) is 3. The Balaban J connectivity index is 1.48. The molecule has 0 fully saturated rings. The third kappa shape index (κ3) is 5.10. The topological polar surface area (TPSA) is 140 Å². The van der Waals surface area contributed by atoms with Gasteiger partial charge in [0.2, 0.25) is 5.89 Å².